The predicted molar refractivity (Wildman–Crippen MR) is 57.9 cm³/mol. The first-order valence-electron chi connectivity index (χ1n) is 4.45. The molecule has 0 atom stereocenters. The zero-order valence-electron chi connectivity index (χ0n) is 8.45. The summed E-state index contributed by atoms with van der Waals surface area (Å²) in [6.45, 7) is 0. The second kappa shape index (κ2) is 4.18. The van der Waals surface area contributed by atoms with Gasteiger partial charge in [-0.05, 0) is 18.2 Å². The van der Waals surface area contributed by atoms with Gasteiger partial charge in [0.2, 0.25) is 6.29 Å². The summed E-state index contributed by atoms with van der Waals surface area (Å²) in [4.78, 5) is 7.42. The third kappa shape index (κ3) is 1.97. The minimum Gasteiger partial charge on any atom is -0.349 e. The lowest BCUT2D eigenvalue weighted by Gasteiger charge is -2.08. The summed E-state index contributed by atoms with van der Waals surface area (Å²) in [6, 6.07) is 5.46. The van der Waals surface area contributed by atoms with Gasteiger partial charge in [-0.1, -0.05) is 11.6 Å². The van der Waals surface area contributed by atoms with Gasteiger partial charge in [0.1, 0.15) is 0 Å². The maximum Gasteiger partial charge on any atom is 0.216 e. The van der Waals surface area contributed by atoms with Crippen LogP contribution in [0.1, 0.15) is 12.1 Å². The van der Waals surface area contributed by atoms with E-state index in [1.807, 2.05) is 12.1 Å². The third-order valence-corrected chi connectivity index (χ3v) is 2.35. The van der Waals surface area contributed by atoms with Crippen molar-refractivity contribution in [1.29, 1.82) is 0 Å². The number of H-pyrrole nitrogens is 1. The zero-order chi connectivity index (χ0) is 10.8. The number of fused-ring (bicyclic) bond motifs is 1. The number of halogens is 1. The molecular weight excluding hydrogens is 216 g/mol. The lowest BCUT2D eigenvalue weighted by Crippen LogP contribution is -2.05. The van der Waals surface area contributed by atoms with E-state index in [0.717, 1.165) is 11.0 Å². The van der Waals surface area contributed by atoms with Gasteiger partial charge in [0.25, 0.3) is 0 Å². The number of ether oxygens (including phenoxy) is 2. The van der Waals surface area contributed by atoms with Crippen molar-refractivity contribution in [2.45, 2.75) is 6.29 Å². The van der Waals surface area contributed by atoms with Crippen LogP contribution in [0.5, 0.6) is 0 Å². The van der Waals surface area contributed by atoms with Gasteiger partial charge in [-0.15, -0.1) is 0 Å². The molecule has 1 N–H and O–H groups in total. The molecule has 0 saturated carbocycles. The van der Waals surface area contributed by atoms with Gasteiger partial charge in [0.15, 0.2) is 5.82 Å². The Balaban J connectivity index is 2.46. The molecule has 1 aromatic carbocycles. The van der Waals surface area contributed by atoms with E-state index in [1.165, 1.54) is 0 Å². The molecule has 0 spiro atoms. The lowest BCUT2D eigenvalue weighted by atomic mass is 10.3. The fraction of sp³-hybridized carbons (Fsp3) is 0.300. The smallest absolute Gasteiger partial charge is 0.216 e. The molecule has 0 aliphatic rings. The van der Waals surface area contributed by atoms with E-state index in [2.05, 4.69) is 9.97 Å². The Bertz CT molecular complexity index is 465. The highest BCUT2D eigenvalue weighted by Crippen LogP contribution is 2.21. The van der Waals surface area contributed by atoms with Crippen LogP contribution in [0.3, 0.4) is 0 Å². The zero-order valence-corrected chi connectivity index (χ0v) is 9.21. The van der Waals surface area contributed by atoms with Gasteiger partial charge in [-0.3, -0.25) is 0 Å². The van der Waals surface area contributed by atoms with Gasteiger partial charge < -0.3 is 14.5 Å². The SMILES string of the molecule is COC(OC)c1nc2ccc(Cl)cc2[nH]1. The largest absolute Gasteiger partial charge is 0.349 e. The lowest BCUT2D eigenvalue weighted by molar-refractivity contribution is -0.110. The van der Waals surface area contributed by atoms with Gasteiger partial charge >= 0.3 is 0 Å². The number of rotatable bonds is 3. The summed E-state index contributed by atoms with van der Waals surface area (Å²) in [5.41, 5.74) is 1.71. The second-order valence-corrected chi connectivity index (χ2v) is 3.52. The molecule has 0 bridgehead atoms. The van der Waals surface area contributed by atoms with Crippen molar-refractivity contribution in [3.8, 4) is 0 Å². The highest BCUT2D eigenvalue weighted by atomic mass is 35.5. The predicted octanol–water partition coefficient (Wildman–Crippen LogP) is 2.51. The van der Waals surface area contributed by atoms with Crippen molar-refractivity contribution in [3.05, 3.63) is 29.0 Å². The molecular formula is C10H11ClN2O2. The van der Waals surface area contributed by atoms with Crippen molar-refractivity contribution < 1.29 is 9.47 Å². The molecule has 1 aromatic heterocycles. The van der Waals surface area contributed by atoms with Crippen LogP contribution in [0.4, 0.5) is 0 Å². The molecule has 0 saturated heterocycles. The molecule has 0 aliphatic heterocycles. The number of hydrogen-bond donors (Lipinski definition) is 1. The topological polar surface area (TPSA) is 47.1 Å². The molecule has 2 aromatic rings. The summed E-state index contributed by atoms with van der Waals surface area (Å²) >= 11 is 5.86. The highest BCUT2D eigenvalue weighted by Gasteiger charge is 2.13. The number of nitrogens with one attached hydrogen (secondary N) is 1. The van der Waals surface area contributed by atoms with Crippen molar-refractivity contribution in [2.75, 3.05) is 14.2 Å². The number of hydrogen-bond acceptors (Lipinski definition) is 3. The van der Waals surface area contributed by atoms with Gasteiger partial charge in [0.05, 0.1) is 11.0 Å². The molecule has 80 valence electrons. The average molecular weight is 227 g/mol. The van der Waals surface area contributed by atoms with Crippen molar-refractivity contribution >= 4 is 22.6 Å². The van der Waals surface area contributed by atoms with Crippen LogP contribution in [-0.4, -0.2) is 24.2 Å². The molecule has 2 rings (SSSR count). The number of nitrogens with zero attached hydrogens (tertiary/aromatic N) is 1. The second-order valence-electron chi connectivity index (χ2n) is 3.09. The number of imidazole rings is 1. The normalized spacial score (nSPS) is 11.5. The van der Waals surface area contributed by atoms with Crippen molar-refractivity contribution in [2.24, 2.45) is 0 Å². The van der Waals surface area contributed by atoms with Gasteiger partial charge in [0, 0.05) is 19.2 Å². The van der Waals surface area contributed by atoms with Crippen LogP contribution in [0.25, 0.3) is 11.0 Å². The van der Waals surface area contributed by atoms with E-state index >= 15 is 0 Å². The van der Waals surface area contributed by atoms with Crippen LogP contribution in [0.15, 0.2) is 18.2 Å². The Labute approximate surface area is 92.2 Å². The minimum atomic E-state index is -0.476. The minimum absolute atomic E-state index is 0.476. The van der Waals surface area contributed by atoms with Gasteiger partial charge in [-0.2, -0.15) is 0 Å². The average Bonchev–Trinajstić information content (AvgIpc) is 2.62. The molecule has 5 heteroatoms. The first-order valence-corrected chi connectivity index (χ1v) is 4.83. The fourth-order valence-corrected chi connectivity index (χ4v) is 1.60. The Morgan fingerprint density at radius 2 is 2.07 bits per heavy atom. The summed E-state index contributed by atoms with van der Waals surface area (Å²) in [7, 11) is 3.13. The van der Waals surface area contributed by atoms with Crippen LogP contribution >= 0.6 is 11.6 Å². The van der Waals surface area contributed by atoms with Crippen LogP contribution < -0.4 is 0 Å². The van der Waals surface area contributed by atoms with Crippen molar-refractivity contribution in [3.63, 3.8) is 0 Å². The van der Waals surface area contributed by atoms with E-state index in [-0.39, 0.29) is 0 Å². The van der Waals surface area contributed by atoms with E-state index < -0.39 is 6.29 Å². The molecule has 1 heterocycles. The van der Waals surface area contributed by atoms with E-state index in [0.29, 0.717) is 10.8 Å². The molecule has 4 nitrogen and oxygen atoms in total. The molecule has 0 amide bonds. The Morgan fingerprint density at radius 3 is 2.73 bits per heavy atom. The number of benzene rings is 1. The molecule has 0 unspecified atom stereocenters. The van der Waals surface area contributed by atoms with Crippen molar-refractivity contribution in [1.82, 2.24) is 9.97 Å². The van der Waals surface area contributed by atoms with E-state index in [4.69, 9.17) is 21.1 Å². The molecule has 0 radical (unpaired) electrons. The standard InChI is InChI=1S/C10H11ClN2O2/c1-14-10(15-2)9-12-7-4-3-6(11)5-8(7)13-9/h3-5,10H,1-2H3,(H,12,13). The molecule has 15 heavy (non-hydrogen) atoms. The maximum atomic E-state index is 5.86. The summed E-state index contributed by atoms with van der Waals surface area (Å²) in [5.74, 6) is 0.636. The number of aromatic nitrogens is 2. The Hall–Kier alpha value is -1.10. The van der Waals surface area contributed by atoms with Crippen LogP contribution in [0, 0.1) is 0 Å². The summed E-state index contributed by atoms with van der Waals surface area (Å²) in [5, 5.41) is 0.670. The fourth-order valence-electron chi connectivity index (χ4n) is 1.43. The van der Waals surface area contributed by atoms with Crippen LogP contribution in [-0.2, 0) is 9.47 Å². The first kappa shape index (κ1) is 10.4. The quantitative estimate of drug-likeness (QED) is 0.818. The number of aromatic amines is 1. The summed E-state index contributed by atoms with van der Waals surface area (Å²) < 4.78 is 10.2. The van der Waals surface area contributed by atoms with Crippen LogP contribution in [0.2, 0.25) is 5.02 Å². The maximum absolute atomic E-state index is 5.86. The first-order chi connectivity index (χ1) is 7.24. The number of methoxy groups -OCH3 is 2. The Morgan fingerprint density at radius 1 is 1.33 bits per heavy atom. The van der Waals surface area contributed by atoms with E-state index in [1.54, 1.807) is 20.3 Å². The highest BCUT2D eigenvalue weighted by molar-refractivity contribution is 6.31. The molecule has 0 aliphatic carbocycles. The van der Waals surface area contributed by atoms with Gasteiger partial charge in [-0.25, -0.2) is 4.98 Å². The Kier molecular flexibility index (Phi) is 2.90. The monoisotopic (exact) mass is 226 g/mol. The molecule has 0 fully saturated rings. The van der Waals surface area contributed by atoms with E-state index in [9.17, 15) is 0 Å². The summed E-state index contributed by atoms with van der Waals surface area (Å²) in [6.07, 6.45) is -0.476. The third-order valence-electron chi connectivity index (χ3n) is 2.11.